The number of rotatable bonds is 6. The SMILES string of the molecule is Cc1ccc(CC(=O)c2ccc(C(=N)N3CCCC3)cc2)c(C(=O)Nc2ccc(Br)cn2)c1. The summed E-state index contributed by atoms with van der Waals surface area (Å²) >= 11 is 3.33. The number of Topliss-reactive ketones (excluding diaryl/α,β-unsaturated/α-hetero) is 1. The largest absolute Gasteiger partial charge is 0.357 e. The molecule has 1 saturated heterocycles. The molecular weight excluding hydrogens is 480 g/mol. The van der Waals surface area contributed by atoms with Gasteiger partial charge < -0.3 is 10.2 Å². The van der Waals surface area contributed by atoms with Gasteiger partial charge in [0.25, 0.3) is 5.91 Å². The van der Waals surface area contributed by atoms with Crippen molar-refractivity contribution in [2.24, 2.45) is 0 Å². The summed E-state index contributed by atoms with van der Waals surface area (Å²) in [5, 5.41) is 11.2. The second-order valence-corrected chi connectivity index (χ2v) is 9.11. The Morgan fingerprint density at radius 3 is 2.39 bits per heavy atom. The number of nitrogens with one attached hydrogen (secondary N) is 2. The van der Waals surface area contributed by atoms with Crippen LogP contribution >= 0.6 is 15.9 Å². The first-order valence-corrected chi connectivity index (χ1v) is 11.7. The number of anilines is 1. The van der Waals surface area contributed by atoms with E-state index in [0.29, 0.717) is 28.3 Å². The third-order valence-corrected chi connectivity index (χ3v) is 6.20. The second-order valence-electron chi connectivity index (χ2n) is 8.20. The Kier molecular flexibility index (Phi) is 6.99. The third kappa shape index (κ3) is 5.54. The monoisotopic (exact) mass is 504 g/mol. The van der Waals surface area contributed by atoms with E-state index in [1.54, 1.807) is 36.5 Å². The number of nitrogens with zero attached hydrogens (tertiary/aromatic N) is 2. The molecule has 168 valence electrons. The summed E-state index contributed by atoms with van der Waals surface area (Å²) < 4.78 is 0.823. The van der Waals surface area contributed by atoms with Crippen LogP contribution in [0.25, 0.3) is 0 Å². The quantitative estimate of drug-likeness (QED) is 0.272. The van der Waals surface area contributed by atoms with E-state index < -0.39 is 0 Å². The molecule has 2 N–H and O–H groups in total. The fourth-order valence-corrected chi connectivity index (χ4v) is 4.14. The van der Waals surface area contributed by atoms with Crippen LogP contribution in [0.3, 0.4) is 0 Å². The standard InChI is InChI=1S/C26H25BrN4O2/c1-17-4-5-20(22(14-17)26(33)30-24-11-10-21(27)16-29-24)15-23(32)18-6-8-19(9-7-18)25(28)31-12-2-3-13-31/h4-11,14,16,28H,2-3,12-13,15H2,1H3,(H,29,30,33). The molecule has 0 radical (unpaired) electrons. The Bertz CT molecular complexity index is 1180. The molecule has 1 aliphatic rings. The maximum atomic E-state index is 13.0. The summed E-state index contributed by atoms with van der Waals surface area (Å²) in [7, 11) is 0. The summed E-state index contributed by atoms with van der Waals surface area (Å²) in [5.41, 5.74) is 3.43. The number of carbonyl (C=O) groups excluding carboxylic acids is 2. The molecule has 4 rings (SSSR count). The highest BCUT2D eigenvalue weighted by Gasteiger charge is 2.18. The van der Waals surface area contributed by atoms with E-state index in [0.717, 1.165) is 41.5 Å². The number of hydrogen-bond acceptors (Lipinski definition) is 4. The lowest BCUT2D eigenvalue weighted by Gasteiger charge is -2.18. The molecule has 3 aromatic rings. The summed E-state index contributed by atoms with van der Waals surface area (Å²) in [6.45, 7) is 3.73. The van der Waals surface area contributed by atoms with Gasteiger partial charge in [-0.05, 0) is 59.5 Å². The van der Waals surface area contributed by atoms with Gasteiger partial charge in [0.1, 0.15) is 11.7 Å². The molecule has 1 amide bonds. The normalized spacial score (nSPS) is 13.1. The van der Waals surface area contributed by atoms with Gasteiger partial charge in [-0.3, -0.25) is 15.0 Å². The van der Waals surface area contributed by atoms with Gasteiger partial charge in [-0.1, -0.05) is 42.0 Å². The molecule has 0 atom stereocenters. The smallest absolute Gasteiger partial charge is 0.257 e. The highest BCUT2D eigenvalue weighted by atomic mass is 79.9. The van der Waals surface area contributed by atoms with Crippen LogP contribution in [0, 0.1) is 12.3 Å². The Hall–Kier alpha value is -3.32. The van der Waals surface area contributed by atoms with Crippen LogP contribution < -0.4 is 5.32 Å². The molecule has 2 aromatic carbocycles. The predicted octanol–water partition coefficient (Wildman–Crippen LogP) is 5.25. The molecule has 2 heterocycles. The van der Waals surface area contributed by atoms with Crippen molar-refractivity contribution < 1.29 is 9.59 Å². The zero-order valence-electron chi connectivity index (χ0n) is 18.4. The molecule has 6 nitrogen and oxygen atoms in total. The van der Waals surface area contributed by atoms with Crippen LogP contribution in [-0.2, 0) is 6.42 Å². The summed E-state index contributed by atoms with van der Waals surface area (Å²) in [6.07, 6.45) is 3.95. The Morgan fingerprint density at radius 2 is 1.73 bits per heavy atom. The van der Waals surface area contributed by atoms with E-state index in [1.807, 2.05) is 31.2 Å². The predicted molar refractivity (Wildman–Crippen MR) is 133 cm³/mol. The number of likely N-dealkylation sites (tertiary alicyclic amines) is 1. The molecule has 7 heteroatoms. The maximum Gasteiger partial charge on any atom is 0.257 e. The van der Waals surface area contributed by atoms with Crippen molar-refractivity contribution in [2.75, 3.05) is 18.4 Å². The molecule has 33 heavy (non-hydrogen) atoms. The van der Waals surface area contributed by atoms with Crippen molar-refractivity contribution in [2.45, 2.75) is 26.2 Å². The highest BCUT2D eigenvalue weighted by molar-refractivity contribution is 9.10. The van der Waals surface area contributed by atoms with Crippen molar-refractivity contribution in [1.82, 2.24) is 9.88 Å². The fraction of sp³-hybridized carbons (Fsp3) is 0.231. The number of pyridine rings is 1. The number of hydrogen-bond donors (Lipinski definition) is 2. The molecule has 0 spiro atoms. The number of aromatic nitrogens is 1. The number of amides is 1. The van der Waals surface area contributed by atoms with Crippen molar-refractivity contribution in [3.63, 3.8) is 0 Å². The molecule has 1 aromatic heterocycles. The first kappa shape index (κ1) is 22.9. The van der Waals surface area contributed by atoms with Crippen LogP contribution in [0.4, 0.5) is 5.82 Å². The van der Waals surface area contributed by atoms with Gasteiger partial charge in [-0.15, -0.1) is 0 Å². The number of ketones is 1. The van der Waals surface area contributed by atoms with E-state index >= 15 is 0 Å². The van der Waals surface area contributed by atoms with Crippen molar-refractivity contribution >= 4 is 39.3 Å². The molecule has 1 fully saturated rings. The number of aryl methyl sites for hydroxylation is 1. The first-order chi connectivity index (χ1) is 15.9. The van der Waals surface area contributed by atoms with Gasteiger partial charge >= 0.3 is 0 Å². The Morgan fingerprint density at radius 1 is 1.03 bits per heavy atom. The second kappa shape index (κ2) is 10.1. The first-order valence-electron chi connectivity index (χ1n) is 10.9. The van der Waals surface area contributed by atoms with Crippen LogP contribution in [0.1, 0.15) is 50.2 Å². The lowest BCUT2D eigenvalue weighted by atomic mass is 9.96. The third-order valence-electron chi connectivity index (χ3n) is 5.73. The minimum atomic E-state index is -0.300. The highest BCUT2D eigenvalue weighted by Crippen LogP contribution is 2.19. The van der Waals surface area contributed by atoms with Crippen molar-refractivity contribution in [3.05, 3.63) is 93.1 Å². The fourth-order valence-electron chi connectivity index (χ4n) is 3.90. The summed E-state index contributed by atoms with van der Waals surface area (Å²) in [6, 6.07) is 16.2. The van der Waals surface area contributed by atoms with E-state index in [-0.39, 0.29) is 18.1 Å². The van der Waals surface area contributed by atoms with Crippen LogP contribution in [-0.4, -0.2) is 40.5 Å². The topological polar surface area (TPSA) is 86.2 Å². The Labute approximate surface area is 201 Å². The number of halogens is 1. The van der Waals surface area contributed by atoms with Gasteiger partial charge in [-0.25, -0.2) is 4.98 Å². The van der Waals surface area contributed by atoms with E-state index in [4.69, 9.17) is 5.41 Å². The zero-order valence-corrected chi connectivity index (χ0v) is 20.0. The molecule has 0 saturated carbocycles. The number of amidine groups is 1. The number of benzene rings is 2. The maximum absolute atomic E-state index is 13.0. The van der Waals surface area contributed by atoms with Gasteiger partial charge in [-0.2, -0.15) is 0 Å². The summed E-state index contributed by atoms with van der Waals surface area (Å²) in [4.78, 5) is 32.2. The van der Waals surface area contributed by atoms with Gasteiger partial charge in [0, 0.05) is 46.9 Å². The lowest BCUT2D eigenvalue weighted by molar-refractivity contribution is 0.0992. The van der Waals surface area contributed by atoms with Crippen LogP contribution in [0.5, 0.6) is 0 Å². The minimum absolute atomic E-state index is 0.0751. The summed E-state index contributed by atoms with van der Waals surface area (Å²) in [5.74, 6) is 0.572. The van der Waals surface area contributed by atoms with Crippen LogP contribution in [0.2, 0.25) is 0 Å². The number of carbonyl (C=O) groups is 2. The molecule has 0 aliphatic carbocycles. The Balaban J connectivity index is 1.49. The lowest BCUT2D eigenvalue weighted by Crippen LogP contribution is -2.27. The van der Waals surface area contributed by atoms with E-state index in [9.17, 15) is 9.59 Å². The van der Waals surface area contributed by atoms with E-state index in [2.05, 4.69) is 31.1 Å². The molecular formula is C26H25BrN4O2. The minimum Gasteiger partial charge on any atom is -0.357 e. The zero-order chi connectivity index (χ0) is 23.4. The van der Waals surface area contributed by atoms with Gasteiger partial charge in [0.05, 0.1) is 0 Å². The van der Waals surface area contributed by atoms with E-state index in [1.165, 1.54) is 0 Å². The molecule has 1 aliphatic heterocycles. The van der Waals surface area contributed by atoms with Crippen molar-refractivity contribution in [1.29, 1.82) is 5.41 Å². The van der Waals surface area contributed by atoms with Gasteiger partial charge in [0.2, 0.25) is 0 Å². The van der Waals surface area contributed by atoms with Crippen molar-refractivity contribution in [3.8, 4) is 0 Å². The average molecular weight is 505 g/mol. The molecule has 0 unspecified atom stereocenters. The van der Waals surface area contributed by atoms with Crippen LogP contribution in [0.15, 0.2) is 65.3 Å². The average Bonchev–Trinajstić information content (AvgIpc) is 3.36. The molecule has 0 bridgehead atoms. The van der Waals surface area contributed by atoms with Gasteiger partial charge in [0.15, 0.2) is 5.78 Å².